The summed E-state index contributed by atoms with van der Waals surface area (Å²) in [5.41, 5.74) is -1.07. The molecule has 0 bridgehead atoms. The van der Waals surface area contributed by atoms with Crippen LogP contribution >= 0.6 is 0 Å². The fraction of sp³-hybridized carbons (Fsp3) is 0.647. The first kappa shape index (κ1) is 21.5. The number of rotatable bonds is 9. The van der Waals surface area contributed by atoms with E-state index in [1.165, 1.54) is 16.4 Å². The van der Waals surface area contributed by atoms with Crippen molar-refractivity contribution in [3.8, 4) is 0 Å². The summed E-state index contributed by atoms with van der Waals surface area (Å²) in [5.74, 6) is 0. The summed E-state index contributed by atoms with van der Waals surface area (Å²) in [7, 11) is -0.0356. The number of benzene rings is 1. The third kappa shape index (κ3) is 5.61. The Hall–Kier alpha value is -1.75. The number of nitrogens with zero attached hydrogens (tertiary/aromatic N) is 3. The number of hydrogen-bond donors (Lipinski definition) is 2. The van der Waals surface area contributed by atoms with Crippen LogP contribution in [0.15, 0.2) is 23.1 Å². The van der Waals surface area contributed by atoms with Crippen LogP contribution in [-0.4, -0.2) is 73.5 Å². The number of nitro groups is 1. The van der Waals surface area contributed by atoms with Gasteiger partial charge in [-0.15, -0.1) is 0 Å². The summed E-state index contributed by atoms with van der Waals surface area (Å²) in [6.07, 6.45) is 2.04. The summed E-state index contributed by atoms with van der Waals surface area (Å²) in [6, 6.07) is 3.74. The lowest BCUT2D eigenvalue weighted by Gasteiger charge is -2.27. The molecule has 27 heavy (non-hydrogen) atoms. The minimum atomic E-state index is -3.84. The molecule has 0 aliphatic carbocycles. The molecule has 1 saturated heterocycles. The van der Waals surface area contributed by atoms with Gasteiger partial charge in [-0.25, -0.2) is 8.42 Å². The van der Waals surface area contributed by atoms with E-state index in [1.807, 2.05) is 19.0 Å². The van der Waals surface area contributed by atoms with Crippen molar-refractivity contribution in [2.24, 2.45) is 0 Å². The van der Waals surface area contributed by atoms with E-state index in [4.69, 9.17) is 0 Å². The van der Waals surface area contributed by atoms with Crippen LogP contribution < -0.4 is 5.32 Å². The first-order valence-electron chi connectivity index (χ1n) is 8.92. The van der Waals surface area contributed by atoms with Crippen LogP contribution in [0.5, 0.6) is 0 Å². The minimum absolute atomic E-state index is 0.123. The number of nitro benzene ring substituents is 1. The molecule has 0 saturated carbocycles. The van der Waals surface area contributed by atoms with E-state index in [0.29, 0.717) is 26.1 Å². The molecule has 0 aromatic heterocycles. The van der Waals surface area contributed by atoms with E-state index in [1.54, 1.807) is 6.92 Å². The number of nitrogens with one attached hydrogen (secondary N) is 1. The molecule has 0 unspecified atom stereocenters. The van der Waals surface area contributed by atoms with Crippen LogP contribution in [0, 0.1) is 10.1 Å². The molecule has 1 aromatic rings. The smallest absolute Gasteiger partial charge is 0.270 e. The molecular weight excluding hydrogens is 372 g/mol. The maximum atomic E-state index is 13.0. The molecule has 0 radical (unpaired) electrons. The number of anilines is 1. The number of sulfonamides is 1. The molecule has 2 N–H and O–H groups in total. The summed E-state index contributed by atoms with van der Waals surface area (Å²) in [4.78, 5) is 12.3. The topological polar surface area (TPSA) is 116 Å². The van der Waals surface area contributed by atoms with Crippen molar-refractivity contribution < 1.29 is 18.4 Å². The van der Waals surface area contributed by atoms with Gasteiger partial charge in [-0.1, -0.05) is 0 Å². The zero-order valence-corrected chi connectivity index (χ0v) is 16.8. The van der Waals surface area contributed by atoms with Crippen molar-refractivity contribution in [1.82, 2.24) is 9.21 Å². The second-order valence-electron chi connectivity index (χ2n) is 7.45. The van der Waals surface area contributed by atoms with Gasteiger partial charge < -0.3 is 15.3 Å². The predicted octanol–water partition coefficient (Wildman–Crippen LogP) is 1.49. The van der Waals surface area contributed by atoms with Gasteiger partial charge in [-0.05, 0) is 46.3 Å². The number of aliphatic hydroxyl groups is 1. The van der Waals surface area contributed by atoms with Crippen molar-refractivity contribution in [3.05, 3.63) is 28.3 Å². The highest BCUT2D eigenvalue weighted by atomic mass is 32.2. The lowest BCUT2D eigenvalue weighted by atomic mass is 10.0. The van der Waals surface area contributed by atoms with Gasteiger partial charge in [0.15, 0.2) is 0 Å². The van der Waals surface area contributed by atoms with Crippen molar-refractivity contribution in [2.45, 2.75) is 36.7 Å². The molecule has 0 amide bonds. The van der Waals surface area contributed by atoms with Gasteiger partial charge in [0.25, 0.3) is 5.69 Å². The van der Waals surface area contributed by atoms with Crippen molar-refractivity contribution >= 4 is 21.4 Å². The van der Waals surface area contributed by atoms with Gasteiger partial charge in [0, 0.05) is 38.3 Å². The largest absolute Gasteiger partial charge is 0.388 e. The molecule has 1 atom stereocenters. The Bertz CT molecular complexity index is 774. The van der Waals surface area contributed by atoms with Crippen LogP contribution in [0.25, 0.3) is 0 Å². The van der Waals surface area contributed by atoms with E-state index in [9.17, 15) is 23.6 Å². The molecular formula is C17H28N4O5S. The predicted molar refractivity (Wildman–Crippen MR) is 103 cm³/mol. The maximum Gasteiger partial charge on any atom is 0.270 e. The third-order valence-electron chi connectivity index (χ3n) is 4.62. The van der Waals surface area contributed by atoms with Crippen LogP contribution in [0.1, 0.15) is 26.2 Å². The Morgan fingerprint density at radius 1 is 1.33 bits per heavy atom. The molecule has 9 nitrogen and oxygen atoms in total. The van der Waals surface area contributed by atoms with Crippen molar-refractivity contribution in [2.75, 3.05) is 45.6 Å². The molecule has 0 spiro atoms. The first-order chi connectivity index (χ1) is 12.5. The second kappa shape index (κ2) is 8.51. The lowest BCUT2D eigenvalue weighted by Crippen LogP contribution is -2.37. The Labute approximate surface area is 160 Å². The van der Waals surface area contributed by atoms with E-state index >= 15 is 0 Å². The molecule has 1 aliphatic heterocycles. The Morgan fingerprint density at radius 2 is 1.96 bits per heavy atom. The van der Waals surface area contributed by atoms with E-state index in [-0.39, 0.29) is 22.8 Å². The molecule has 1 aromatic carbocycles. The highest BCUT2D eigenvalue weighted by molar-refractivity contribution is 7.89. The zero-order chi connectivity index (χ0) is 20.2. The number of hydrogen-bond acceptors (Lipinski definition) is 7. The fourth-order valence-electron chi connectivity index (χ4n) is 2.89. The van der Waals surface area contributed by atoms with E-state index in [2.05, 4.69) is 5.32 Å². The monoisotopic (exact) mass is 400 g/mol. The van der Waals surface area contributed by atoms with Gasteiger partial charge in [0.05, 0.1) is 16.2 Å². The summed E-state index contributed by atoms with van der Waals surface area (Å²) in [5, 5.41) is 24.6. The molecule has 2 rings (SSSR count). The van der Waals surface area contributed by atoms with E-state index < -0.39 is 20.5 Å². The lowest BCUT2D eigenvalue weighted by molar-refractivity contribution is -0.385. The average Bonchev–Trinajstić information content (AvgIpc) is 3.13. The highest BCUT2D eigenvalue weighted by Gasteiger charge is 2.31. The van der Waals surface area contributed by atoms with Gasteiger partial charge in [0.2, 0.25) is 10.0 Å². The number of non-ortho nitro benzene ring substituents is 1. The van der Waals surface area contributed by atoms with E-state index in [0.717, 1.165) is 18.9 Å². The first-order valence-corrected chi connectivity index (χ1v) is 10.4. The fourth-order valence-corrected chi connectivity index (χ4v) is 4.59. The highest BCUT2D eigenvalue weighted by Crippen LogP contribution is 2.31. The summed E-state index contributed by atoms with van der Waals surface area (Å²) in [6.45, 7) is 3.29. The summed E-state index contributed by atoms with van der Waals surface area (Å²) < 4.78 is 27.3. The Kier molecular flexibility index (Phi) is 6.79. The molecule has 1 fully saturated rings. The van der Waals surface area contributed by atoms with Crippen LogP contribution in [0.2, 0.25) is 0 Å². The summed E-state index contributed by atoms with van der Waals surface area (Å²) >= 11 is 0. The second-order valence-corrected chi connectivity index (χ2v) is 9.36. The van der Waals surface area contributed by atoms with Gasteiger partial charge in [-0.3, -0.25) is 10.1 Å². The Morgan fingerprint density at radius 3 is 2.52 bits per heavy atom. The van der Waals surface area contributed by atoms with Crippen molar-refractivity contribution in [1.29, 1.82) is 0 Å². The quantitative estimate of drug-likeness (QED) is 0.476. The standard InChI is InChI=1S/C17H28N4O5S/c1-17(22,8-11-19(2)3)13-18-15-7-6-14(21(23)24)12-16(15)27(25,26)20-9-4-5-10-20/h6-7,12,18,22H,4-5,8-11,13H2,1-3H3/t17-/m0/s1. The normalized spacial score (nSPS) is 17.8. The third-order valence-corrected chi connectivity index (χ3v) is 6.55. The minimum Gasteiger partial charge on any atom is -0.388 e. The van der Waals surface area contributed by atoms with Crippen molar-refractivity contribution in [3.63, 3.8) is 0 Å². The zero-order valence-electron chi connectivity index (χ0n) is 16.0. The van der Waals surface area contributed by atoms with Crippen LogP contribution in [-0.2, 0) is 10.0 Å². The van der Waals surface area contributed by atoms with Crippen LogP contribution in [0.3, 0.4) is 0 Å². The molecule has 10 heteroatoms. The Balaban J connectivity index is 2.29. The molecule has 152 valence electrons. The van der Waals surface area contributed by atoms with Gasteiger partial charge in [-0.2, -0.15) is 4.31 Å². The van der Waals surface area contributed by atoms with Crippen LogP contribution in [0.4, 0.5) is 11.4 Å². The molecule has 1 heterocycles. The SMILES string of the molecule is CN(C)CC[C@](C)(O)CNc1ccc([N+](=O)[O-])cc1S(=O)(=O)N1CCCC1. The van der Waals surface area contributed by atoms with Gasteiger partial charge >= 0.3 is 0 Å². The maximum absolute atomic E-state index is 13.0. The molecule has 1 aliphatic rings. The van der Waals surface area contributed by atoms with Gasteiger partial charge in [0.1, 0.15) is 4.90 Å². The average molecular weight is 401 g/mol.